The molecule has 1 fully saturated rings. The highest BCUT2D eigenvalue weighted by Crippen LogP contribution is 2.45. The minimum atomic E-state index is -2.70. The van der Waals surface area contributed by atoms with Crippen molar-refractivity contribution < 1.29 is 23.8 Å². The summed E-state index contributed by atoms with van der Waals surface area (Å²) in [4.78, 5) is 14.6. The van der Waals surface area contributed by atoms with Crippen molar-refractivity contribution in [2.75, 3.05) is 16.8 Å². The molecule has 1 saturated carbocycles. The maximum absolute atomic E-state index is 15.5. The van der Waals surface area contributed by atoms with Crippen molar-refractivity contribution in [3.8, 4) is 0 Å². The molecule has 186 valence electrons. The average Bonchev–Trinajstić information content (AvgIpc) is 2.73. The van der Waals surface area contributed by atoms with E-state index < -0.39 is 11.7 Å². The number of hydrogen-bond acceptors (Lipinski definition) is 2. The molecule has 1 aliphatic carbocycles. The highest BCUT2D eigenvalue weighted by molar-refractivity contribution is 5.92. The van der Waals surface area contributed by atoms with Gasteiger partial charge in [-0.2, -0.15) is 0 Å². The molecule has 3 nitrogen and oxygen atoms in total. The monoisotopic (exact) mass is 478 g/mol. The number of benzene rings is 2. The van der Waals surface area contributed by atoms with Crippen LogP contribution in [-0.4, -0.2) is 18.4 Å². The third-order valence-electron chi connectivity index (χ3n) is 6.76. The lowest BCUT2D eigenvalue weighted by Crippen LogP contribution is -2.31. The molecule has 1 N–H and O–H groups in total. The van der Waals surface area contributed by atoms with Gasteiger partial charge in [0.25, 0.3) is 0 Å². The van der Waals surface area contributed by atoms with Crippen molar-refractivity contribution in [3.05, 3.63) is 58.7 Å². The summed E-state index contributed by atoms with van der Waals surface area (Å²) in [6, 6.07) is 7.96. The molecule has 0 spiro atoms. The zero-order valence-electron chi connectivity index (χ0n) is 20.0. The fraction of sp³-hybridized carbons (Fsp3) is 0.519. The summed E-state index contributed by atoms with van der Waals surface area (Å²) in [5, 5.41) is 2.74. The molecule has 1 heterocycles. The van der Waals surface area contributed by atoms with Crippen molar-refractivity contribution in [1.29, 1.82) is 0 Å². The van der Waals surface area contributed by atoms with Gasteiger partial charge in [0.15, 0.2) is 0 Å². The smallest absolute Gasteiger partial charge is 0.248 e. The summed E-state index contributed by atoms with van der Waals surface area (Å²) in [5.41, 5.74) is 2.99. The first-order chi connectivity index (χ1) is 15.9. The van der Waals surface area contributed by atoms with Crippen LogP contribution in [-0.2, 0) is 17.8 Å². The topological polar surface area (TPSA) is 32.3 Å². The van der Waals surface area contributed by atoms with Crippen LogP contribution in [0, 0.1) is 17.0 Å². The molecule has 1 amide bonds. The Kier molecular flexibility index (Phi) is 6.67. The van der Waals surface area contributed by atoms with Crippen LogP contribution < -0.4 is 10.2 Å². The Labute approximate surface area is 200 Å². The lowest BCUT2D eigenvalue weighted by molar-refractivity contribution is -0.117. The molecule has 2 aliphatic rings. The van der Waals surface area contributed by atoms with Crippen LogP contribution in [0.4, 0.5) is 28.9 Å². The van der Waals surface area contributed by atoms with E-state index in [4.69, 9.17) is 0 Å². The van der Waals surface area contributed by atoms with Crippen LogP contribution in [0.5, 0.6) is 0 Å². The largest absolute Gasteiger partial charge is 0.367 e. The third kappa shape index (κ3) is 5.73. The van der Waals surface area contributed by atoms with Crippen LogP contribution >= 0.6 is 0 Å². The van der Waals surface area contributed by atoms with Gasteiger partial charge in [-0.25, -0.2) is 17.6 Å². The van der Waals surface area contributed by atoms with Gasteiger partial charge in [-0.1, -0.05) is 26.8 Å². The molecule has 2 aromatic rings. The summed E-state index contributed by atoms with van der Waals surface area (Å²) in [5.74, 6) is -4.09. The number of fused-ring (bicyclic) bond motifs is 1. The van der Waals surface area contributed by atoms with Crippen LogP contribution in [0.15, 0.2) is 30.3 Å². The third-order valence-corrected chi connectivity index (χ3v) is 6.76. The van der Waals surface area contributed by atoms with Gasteiger partial charge in [0, 0.05) is 39.5 Å². The van der Waals surface area contributed by atoms with E-state index in [2.05, 4.69) is 5.32 Å². The zero-order valence-corrected chi connectivity index (χ0v) is 20.0. The van der Waals surface area contributed by atoms with E-state index >= 15 is 4.39 Å². The Balaban J connectivity index is 0.00000342. The number of carbonyl (C=O) groups excluding carboxylic acids is 1. The van der Waals surface area contributed by atoms with Crippen molar-refractivity contribution in [2.45, 2.75) is 77.7 Å². The second-order valence-electron chi connectivity index (χ2n) is 10.9. The van der Waals surface area contributed by atoms with E-state index in [1.54, 1.807) is 6.07 Å². The van der Waals surface area contributed by atoms with Crippen LogP contribution in [0.1, 0.15) is 76.9 Å². The number of nitrogens with one attached hydrogen (secondary N) is 1. The van der Waals surface area contributed by atoms with Crippen molar-refractivity contribution >= 4 is 17.3 Å². The zero-order chi connectivity index (χ0) is 24.7. The maximum Gasteiger partial charge on any atom is 0.248 e. The fourth-order valence-corrected chi connectivity index (χ4v) is 5.01. The number of anilines is 2. The molecule has 0 unspecified atom stereocenters. The molecule has 0 atom stereocenters. The molecule has 1 aliphatic heterocycles. The maximum atomic E-state index is 15.5. The summed E-state index contributed by atoms with van der Waals surface area (Å²) >= 11 is 0. The predicted molar refractivity (Wildman–Crippen MR) is 129 cm³/mol. The van der Waals surface area contributed by atoms with Crippen LogP contribution in [0.25, 0.3) is 0 Å². The van der Waals surface area contributed by atoms with E-state index in [9.17, 15) is 18.0 Å². The Morgan fingerprint density at radius 2 is 1.82 bits per heavy atom. The van der Waals surface area contributed by atoms with E-state index in [0.29, 0.717) is 30.8 Å². The number of amides is 1. The van der Waals surface area contributed by atoms with E-state index in [1.165, 1.54) is 18.2 Å². The highest BCUT2D eigenvalue weighted by atomic mass is 19.3. The van der Waals surface area contributed by atoms with Gasteiger partial charge >= 0.3 is 0 Å². The Bertz CT molecular complexity index is 1070. The second-order valence-corrected chi connectivity index (χ2v) is 10.9. The number of rotatable bonds is 4. The van der Waals surface area contributed by atoms with Crippen LogP contribution in [0.3, 0.4) is 0 Å². The van der Waals surface area contributed by atoms with E-state index in [0.717, 1.165) is 11.1 Å². The fourth-order valence-electron chi connectivity index (χ4n) is 5.01. The molecule has 0 bridgehead atoms. The highest BCUT2D eigenvalue weighted by Gasteiger charge is 2.37. The molecule has 2 aromatic carbocycles. The molecule has 0 aromatic heterocycles. The van der Waals surface area contributed by atoms with Gasteiger partial charge < -0.3 is 10.2 Å². The van der Waals surface area contributed by atoms with Gasteiger partial charge in [-0.3, -0.25) is 4.79 Å². The molecule has 0 radical (unpaired) electrons. The number of halogens is 4. The van der Waals surface area contributed by atoms with Crippen molar-refractivity contribution in [1.82, 2.24) is 0 Å². The summed E-state index contributed by atoms with van der Waals surface area (Å²) in [6.07, 6.45) is 0.822. The minimum absolute atomic E-state index is 0. The molecule has 7 heteroatoms. The number of alkyl halides is 2. The lowest BCUT2D eigenvalue weighted by Gasteiger charge is -2.34. The first-order valence-corrected chi connectivity index (χ1v) is 11.9. The number of carbonyl (C=O) groups is 1. The minimum Gasteiger partial charge on any atom is -0.367 e. The van der Waals surface area contributed by atoms with Gasteiger partial charge in [-0.05, 0) is 71.6 Å². The van der Waals surface area contributed by atoms with Gasteiger partial charge in [-0.15, -0.1) is 0 Å². The SMILES string of the molecule is CC(C)(C)CC(=O)Nc1c(F)cc(N2CCc3cc(F)ccc3C2)cc1C1CCC(F)(F)CC1.[HH]. The Morgan fingerprint density at radius 3 is 2.50 bits per heavy atom. The molecule has 34 heavy (non-hydrogen) atoms. The quantitative estimate of drug-likeness (QED) is 0.463. The lowest BCUT2D eigenvalue weighted by atomic mass is 9.81. The van der Waals surface area contributed by atoms with Crippen molar-refractivity contribution in [3.63, 3.8) is 0 Å². The Hall–Kier alpha value is -2.57. The first-order valence-electron chi connectivity index (χ1n) is 11.9. The molecule has 4 rings (SSSR count). The number of nitrogens with zero attached hydrogens (tertiary/aromatic N) is 1. The normalized spacial score (nSPS) is 18.5. The summed E-state index contributed by atoms with van der Waals surface area (Å²) < 4.78 is 56.7. The predicted octanol–water partition coefficient (Wildman–Crippen LogP) is 7.44. The Morgan fingerprint density at radius 1 is 1.12 bits per heavy atom. The summed E-state index contributed by atoms with van der Waals surface area (Å²) in [6.45, 7) is 6.88. The van der Waals surface area contributed by atoms with E-state index in [1.807, 2.05) is 31.7 Å². The average molecular weight is 479 g/mol. The summed E-state index contributed by atoms with van der Waals surface area (Å²) in [7, 11) is 0. The van der Waals surface area contributed by atoms with Gasteiger partial charge in [0.05, 0.1) is 5.69 Å². The first kappa shape index (κ1) is 24.6. The van der Waals surface area contributed by atoms with Crippen LogP contribution in [0.2, 0.25) is 0 Å². The molecule has 0 saturated heterocycles. The standard InChI is InChI=1S/C27H32F4N2O.H2/c1-26(2,3)15-24(34)32-25-22(17-6-9-27(30,31)10-7-17)13-21(14-23(25)29)33-11-8-18-12-20(28)5-4-19(18)16-33;/h4-5,12-14,17H,6-11,15-16H2,1-3H3,(H,32,34);1H. The van der Waals surface area contributed by atoms with Gasteiger partial charge in [0.2, 0.25) is 11.8 Å². The van der Waals surface area contributed by atoms with Gasteiger partial charge in [0.1, 0.15) is 11.6 Å². The second kappa shape index (κ2) is 9.23. The van der Waals surface area contributed by atoms with Crippen molar-refractivity contribution in [2.24, 2.45) is 5.41 Å². The molecular formula is C27H34F4N2O. The van der Waals surface area contributed by atoms with E-state index in [-0.39, 0.29) is 62.3 Å². The number of hydrogen-bond donors (Lipinski definition) is 1. The molecular weight excluding hydrogens is 444 g/mol.